The maximum absolute atomic E-state index is 11.7. The van der Waals surface area contributed by atoms with Crippen LogP contribution in [0, 0.1) is 0 Å². The van der Waals surface area contributed by atoms with Gasteiger partial charge in [-0.25, -0.2) is 19.2 Å². The van der Waals surface area contributed by atoms with Gasteiger partial charge in [0, 0.05) is 44.9 Å². The van der Waals surface area contributed by atoms with Gasteiger partial charge in [0.2, 0.25) is 5.95 Å². The third-order valence-electron chi connectivity index (χ3n) is 7.12. The highest BCUT2D eigenvalue weighted by molar-refractivity contribution is 5.70. The number of nitrogens with one attached hydrogen (secondary N) is 1. The number of carbonyl (C=O) groups excluding carboxylic acids is 2. The van der Waals surface area contributed by atoms with Gasteiger partial charge in [-0.1, -0.05) is 13.8 Å². The molecule has 0 spiro atoms. The Balaban J connectivity index is 0.000000458. The average molecular weight is 776 g/mol. The summed E-state index contributed by atoms with van der Waals surface area (Å²) in [6.45, 7) is 18.6. The number of ether oxygens (including phenoxy) is 2. The van der Waals surface area contributed by atoms with E-state index in [-0.39, 0.29) is 24.3 Å². The van der Waals surface area contributed by atoms with Crippen LogP contribution in [0.5, 0.6) is 0 Å². The molecule has 0 saturated heterocycles. The van der Waals surface area contributed by atoms with E-state index in [4.69, 9.17) is 26.7 Å². The first kappa shape index (κ1) is 47.1. The summed E-state index contributed by atoms with van der Waals surface area (Å²) in [5.74, 6) is 2.05. The summed E-state index contributed by atoms with van der Waals surface area (Å²) in [5, 5.41) is 16.6. The van der Waals surface area contributed by atoms with Gasteiger partial charge in [0.1, 0.15) is 28.5 Å². The van der Waals surface area contributed by atoms with Crippen LogP contribution in [0.4, 0.5) is 29.2 Å². The summed E-state index contributed by atoms with van der Waals surface area (Å²) < 4.78 is 17.8. The van der Waals surface area contributed by atoms with Gasteiger partial charge in [-0.15, -0.1) is 10.2 Å². The summed E-state index contributed by atoms with van der Waals surface area (Å²) >= 11 is 0. The van der Waals surface area contributed by atoms with Gasteiger partial charge < -0.3 is 37.9 Å². The Labute approximate surface area is 325 Å². The molecule has 0 radical (unpaired) electrons. The van der Waals surface area contributed by atoms with Gasteiger partial charge in [0.15, 0.2) is 0 Å². The molecule has 7 N–H and O–H groups in total. The average Bonchev–Trinajstić information content (AvgIpc) is 3.86. The quantitative estimate of drug-likeness (QED) is 0.0562. The number of aromatic nitrogens is 8. The number of H-pyrrole nitrogens is 1. The summed E-state index contributed by atoms with van der Waals surface area (Å²) in [5.41, 5.74) is 17.0. The normalized spacial score (nSPS) is 11.3. The number of esters is 2. The van der Waals surface area contributed by atoms with E-state index in [0.29, 0.717) is 49.1 Å². The molecular formula is C36H62ClN13O4. The van der Waals surface area contributed by atoms with Gasteiger partial charge in [0.05, 0.1) is 31.3 Å². The predicted molar refractivity (Wildman–Crippen MR) is 205 cm³/mol. The second-order valence-electron chi connectivity index (χ2n) is 14.4. The number of carbonyl (C=O) groups is 2. The number of aryl methyl sites for hydroxylation is 4. The molecular weight excluding hydrogens is 714 g/mol. The number of unbranched alkanes of at least 4 members (excludes halogenated alkanes) is 2. The van der Waals surface area contributed by atoms with Crippen molar-refractivity contribution in [2.45, 2.75) is 144 Å². The van der Waals surface area contributed by atoms with Crippen LogP contribution in [0.1, 0.15) is 107 Å². The molecule has 302 valence electrons. The lowest BCUT2D eigenvalue weighted by Crippen LogP contribution is -3.00. The van der Waals surface area contributed by atoms with Crippen molar-refractivity contribution in [2.75, 3.05) is 17.2 Å². The van der Waals surface area contributed by atoms with Crippen molar-refractivity contribution in [1.29, 1.82) is 0 Å². The lowest BCUT2D eigenvalue weighted by molar-refractivity contribution is -0.681. The van der Waals surface area contributed by atoms with Crippen LogP contribution in [-0.4, -0.2) is 57.2 Å². The molecule has 0 saturated carbocycles. The zero-order valence-electron chi connectivity index (χ0n) is 33.3. The van der Waals surface area contributed by atoms with Crippen molar-refractivity contribution in [2.24, 2.45) is 10.2 Å². The fourth-order valence-corrected chi connectivity index (χ4v) is 4.75. The Morgan fingerprint density at radius 1 is 0.833 bits per heavy atom. The van der Waals surface area contributed by atoms with Crippen molar-refractivity contribution in [1.82, 2.24) is 34.1 Å². The Kier molecular flexibility index (Phi) is 20.6. The minimum atomic E-state index is -0.449. The molecule has 0 fully saturated rings. The molecule has 4 rings (SSSR count). The molecule has 0 atom stereocenters. The summed E-state index contributed by atoms with van der Waals surface area (Å²) in [6, 6.07) is 1.76. The summed E-state index contributed by atoms with van der Waals surface area (Å²) in [7, 11) is 0. The Bertz CT molecular complexity index is 1680. The van der Waals surface area contributed by atoms with Crippen LogP contribution < -0.4 is 34.2 Å². The van der Waals surface area contributed by atoms with Crippen LogP contribution in [0.3, 0.4) is 0 Å². The third kappa shape index (κ3) is 18.7. The molecule has 0 aliphatic heterocycles. The first-order valence-electron chi connectivity index (χ1n) is 18.3. The molecule has 54 heavy (non-hydrogen) atoms. The number of nitrogens with two attached hydrogens (primary N) is 3. The largest absolute Gasteiger partial charge is 1.00 e. The minimum absolute atomic E-state index is 0. The molecule has 0 bridgehead atoms. The number of hydrogen-bond acceptors (Lipinski definition) is 12. The number of nitrogen functional groups attached to an aromatic ring is 3. The molecule has 4 heterocycles. The molecule has 4 aromatic heterocycles. The number of aromatic amines is 1. The van der Waals surface area contributed by atoms with Crippen LogP contribution in [-0.2, 0) is 45.2 Å². The number of halogens is 1. The lowest BCUT2D eigenvalue weighted by atomic mass is 10.2. The summed E-state index contributed by atoms with van der Waals surface area (Å²) in [6.07, 6.45) is 16.7. The fourth-order valence-electron chi connectivity index (χ4n) is 4.75. The van der Waals surface area contributed by atoms with E-state index in [9.17, 15) is 9.59 Å². The number of imidazole rings is 2. The smallest absolute Gasteiger partial charge is 0.352 e. The Hall–Kier alpha value is -4.93. The van der Waals surface area contributed by atoms with E-state index in [2.05, 4.69) is 44.2 Å². The zero-order chi connectivity index (χ0) is 39.4. The number of nitrogens with zero attached hydrogens (tertiary/aromatic N) is 9. The van der Waals surface area contributed by atoms with Crippen molar-refractivity contribution >= 4 is 41.2 Å². The minimum Gasteiger partial charge on any atom is -1.00 e. The second kappa shape index (κ2) is 23.7. The van der Waals surface area contributed by atoms with Gasteiger partial charge in [0.25, 0.3) is 0 Å². The van der Waals surface area contributed by atoms with Gasteiger partial charge in [-0.05, 0) is 86.1 Å². The highest BCUT2D eigenvalue weighted by Gasteiger charge is 2.17. The van der Waals surface area contributed by atoms with Gasteiger partial charge in [-0.3, -0.25) is 20.0 Å². The molecule has 0 amide bonds. The first-order chi connectivity index (χ1) is 25.0. The van der Waals surface area contributed by atoms with Crippen molar-refractivity contribution in [3.8, 4) is 0 Å². The third-order valence-corrected chi connectivity index (χ3v) is 7.12. The molecule has 4 aromatic rings. The Morgan fingerprint density at radius 2 is 1.44 bits per heavy atom. The second-order valence-corrected chi connectivity index (χ2v) is 14.4. The SMILES string of the molecule is CC(C)(C)OC(=O)CCCCn1nccc1N.CCC[n+]1cc[nH]c1N.CCCn1ccnc1N=Nc1cnn(CCCCC(=O)OC(C)(C)C)c1N.[Cl-]. The standard InChI is InChI=1S/C18H29N7O2.C12H21N3O2.C6H11N3.ClH/c1-5-10-24-12-9-20-17(24)23-22-14-13-21-25(16(14)19)11-7-6-8-15(26)27-18(2,3)4;1-12(2,3)17-11(16)6-4-5-9-15-10(13)7-8-14-15;1-2-4-9-5-3-8-6(9)7;/h9,12-13H,5-8,10-11,19H2,1-4H3;7-8H,4-6,9,13H2,1-3H3;3,5H,2,4H2,1H3,(H2,7,8);1H. The molecule has 17 nitrogen and oxygen atoms in total. The molecule has 0 aliphatic carbocycles. The van der Waals surface area contributed by atoms with Crippen LogP contribution in [0.2, 0.25) is 0 Å². The van der Waals surface area contributed by atoms with E-state index in [1.165, 1.54) is 0 Å². The van der Waals surface area contributed by atoms with Crippen LogP contribution >= 0.6 is 0 Å². The van der Waals surface area contributed by atoms with Crippen molar-refractivity contribution in [3.05, 3.63) is 43.2 Å². The van der Waals surface area contributed by atoms with E-state index in [1.54, 1.807) is 34.0 Å². The van der Waals surface area contributed by atoms with Gasteiger partial charge in [-0.2, -0.15) is 10.2 Å². The number of rotatable bonds is 16. The maximum atomic E-state index is 11.7. The first-order valence-corrected chi connectivity index (χ1v) is 18.3. The van der Waals surface area contributed by atoms with E-state index < -0.39 is 11.2 Å². The highest BCUT2D eigenvalue weighted by Crippen LogP contribution is 2.24. The Morgan fingerprint density at radius 3 is 1.94 bits per heavy atom. The monoisotopic (exact) mass is 775 g/mol. The number of anilines is 3. The molecule has 0 aliphatic rings. The lowest BCUT2D eigenvalue weighted by Gasteiger charge is -2.19. The van der Waals surface area contributed by atoms with Crippen LogP contribution in [0.25, 0.3) is 0 Å². The molecule has 18 heteroatoms. The van der Waals surface area contributed by atoms with Crippen LogP contribution in [0.15, 0.2) is 53.5 Å². The van der Waals surface area contributed by atoms with E-state index in [0.717, 1.165) is 57.7 Å². The van der Waals surface area contributed by atoms with E-state index >= 15 is 0 Å². The topological polar surface area (TPSA) is 229 Å². The molecule has 0 unspecified atom stereocenters. The molecule has 0 aromatic carbocycles. The van der Waals surface area contributed by atoms with Crippen molar-refractivity contribution in [3.63, 3.8) is 0 Å². The highest BCUT2D eigenvalue weighted by atomic mass is 35.5. The summed E-state index contributed by atoms with van der Waals surface area (Å²) in [4.78, 5) is 30.2. The van der Waals surface area contributed by atoms with E-state index in [1.807, 2.05) is 69.3 Å². The van der Waals surface area contributed by atoms with Crippen molar-refractivity contribution < 1.29 is 36.0 Å². The fraction of sp³-hybridized carbons (Fsp3) is 0.611. The van der Waals surface area contributed by atoms with Gasteiger partial charge >= 0.3 is 17.9 Å². The number of azo groups is 1. The zero-order valence-corrected chi connectivity index (χ0v) is 34.1. The predicted octanol–water partition coefficient (Wildman–Crippen LogP) is 3.27. The maximum Gasteiger partial charge on any atom is 0.352 e. The number of hydrogen-bond donors (Lipinski definition) is 4.